The van der Waals surface area contributed by atoms with Crippen LogP contribution in [0.4, 0.5) is 0 Å². The average Bonchev–Trinajstić information content (AvgIpc) is 2.22. The van der Waals surface area contributed by atoms with E-state index in [0.29, 0.717) is 17.9 Å². The van der Waals surface area contributed by atoms with Gasteiger partial charge in [0, 0.05) is 10.9 Å². The molecule has 0 aliphatic rings. The van der Waals surface area contributed by atoms with Gasteiger partial charge in [-0.1, -0.05) is 17.7 Å². The molecule has 0 aliphatic heterocycles. The zero-order valence-corrected chi connectivity index (χ0v) is 10.8. The summed E-state index contributed by atoms with van der Waals surface area (Å²) in [7, 11) is 0. The molecule has 1 aromatic carbocycles. The molecule has 0 amide bonds. The smallest absolute Gasteiger partial charge is 0.0799 e. The van der Waals surface area contributed by atoms with Crippen molar-refractivity contribution in [3.05, 3.63) is 33.3 Å². The van der Waals surface area contributed by atoms with Crippen LogP contribution in [0.15, 0.2) is 22.7 Å². The minimum atomic E-state index is -0.473. The van der Waals surface area contributed by atoms with Gasteiger partial charge in [-0.2, -0.15) is 0 Å². The molecule has 0 aromatic heterocycles. The normalized spacial score (nSPS) is 11.7. The Kier molecular flexibility index (Phi) is 5.17. The fourth-order valence-corrected chi connectivity index (χ4v) is 1.73. The van der Waals surface area contributed by atoms with Crippen LogP contribution in [0.5, 0.6) is 0 Å². The van der Waals surface area contributed by atoms with E-state index in [2.05, 4.69) is 27.8 Å². The number of rotatable bonds is 3. The molecule has 0 saturated heterocycles. The van der Waals surface area contributed by atoms with Crippen molar-refractivity contribution < 1.29 is 5.11 Å². The summed E-state index contributed by atoms with van der Waals surface area (Å²) < 4.78 is 0.808. The zero-order valence-electron chi connectivity index (χ0n) is 8.43. The van der Waals surface area contributed by atoms with E-state index in [1.807, 2.05) is 12.1 Å². The second-order valence-corrected chi connectivity index (χ2v) is 4.42. The Balaban J connectivity index is 2.68. The molecule has 0 spiro atoms. The van der Waals surface area contributed by atoms with Gasteiger partial charge >= 0.3 is 0 Å². The van der Waals surface area contributed by atoms with E-state index in [1.54, 1.807) is 13.0 Å². The number of hydrogen-bond donors (Lipinski definition) is 1. The molecule has 1 nitrogen and oxygen atoms in total. The molecule has 1 unspecified atom stereocenters. The van der Waals surface area contributed by atoms with E-state index in [1.165, 1.54) is 0 Å². The van der Waals surface area contributed by atoms with Crippen LogP contribution in [0.25, 0.3) is 0 Å². The van der Waals surface area contributed by atoms with Crippen molar-refractivity contribution in [2.75, 3.05) is 0 Å². The minimum absolute atomic E-state index is 0.473. The van der Waals surface area contributed by atoms with Crippen LogP contribution in [-0.2, 0) is 0 Å². The van der Waals surface area contributed by atoms with Gasteiger partial charge in [-0.25, -0.2) is 0 Å². The van der Waals surface area contributed by atoms with Gasteiger partial charge in [-0.3, -0.25) is 0 Å². The average molecular weight is 288 g/mol. The number of halogens is 2. The summed E-state index contributed by atoms with van der Waals surface area (Å²) in [4.78, 5) is 0. The summed E-state index contributed by atoms with van der Waals surface area (Å²) in [5, 5.41) is 10.5. The van der Waals surface area contributed by atoms with Crippen molar-refractivity contribution >= 4 is 27.5 Å². The van der Waals surface area contributed by atoms with Crippen LogP contribution < -0.4 is 0 Å². The lowest BCUT2D eigenvalue weighted by Crippen LogP contribution is -1.96. The monoisotopic (exact) mass is 286 g/mol. The lowest BCUT2D eigenvalue weighted by Gasteiger charge is -2.09. The van der Waals surface area contributed by atoms with Crippen LogP contribution >= 0.6 is 27.5 Å². The van der Waals surface area contributed by atoms with Gasteiger partial charge < -0.3 is 5.11 Å². The first-order chi connectivity index (χ1) is 7.15. The fraction of sp³-hybridized carbons (Fsp3) is 0.333. The molecular formula is C12H12BrClO. The van der Waals surface area contributed by atoms with Gasteiger partial charge in [0.2, 0.25) is 0 Å². The van der Waals surface area contributed by atoms with Crippen LogP contribution in [0.1, 0.15) is 31.4 Å². The van der Waals surface area contributed by atoms with E-state index in [9.17, 15) is 5.11 Å². The second kappa shape index (κ2) is 6.17. The summed E-state index contributed by atoms with van der Waals surface area (Å²) in [6.45, 7) is 1.80. The molecule has 1 rings (SSSR count). The summed E-state index contributed by atoms with van der Waals surface area (Å²) >= 11 is 9.19. The molecule has 0 radical (unpaired) electrons. The third kappa shape index (κ3) is 3.87. The third-order valence-corrected chi connectivity index (χ3v) is 3.26. The number of aliphatic hydroxyl groups excluding tert-OH is 1. The van der Waals surface area contributed by atoms with Crippen molar-refractivity contribution in [3.63, 3.8) is 0 Å². The predicted molar refractivity (Wildman–Crippen MR) is 66.8 cm³/mol. The van der Waals surface area contributed by atoms with E-state index >= 15 is 0 Å². The van der Waals surface area contributed by atoms with Gasteiger partial charge in [-0.05, 0) is 47.0 Å². The lowest BCUT2D eigenvalue weighted by atomic mass is 10.1. The highest BCUT2D eigenvalue weighted by molar-refractivity contribution is 9.10. The molecule has 0 fully saturated rings. The molecule has 15 heavy (non-hydrogen) atoms. The Hall–Kier alpha value is -0.490. The summed E-state index contributed by atoms with van der Waals surface area (Å²) in [5.74, 6) is 5.73. The number of aliphatic hydroxyl groups is 1. The van der Waals surface area contributed by atoms with Crippen molar-refractivity contribution in [2.24, 2.45) is 0 Å². The van der Waals surface area contributed by atoms with Crippen LogP contribution in [0.2, 0.25) is 5.02 Å². The van der Waals surface area contributed by atoms with Gasteiger partial charge in [0.05, 0.1) is 11.1 Å². The Morgan fingerprint density at radius 1 is 1.53 bits per heavy atom. The highest BCUT2D eigenvalue weighted by atomic mass is 79.9. The molecule has 0 aliphatic carbocycles. The Morgan fingerprint density at radius 3 is 2.87 bits per heavy atom. The molecule has 1 N–H and O–H groups in total. The Labute approximate surface area is 104 Å². The first kappa shape index (κ1) is 12.6. The molecular weight excluding hydrogens is 275 g/mol. The quantitative estimate of drug-likeness (QED) is 0.835. The summed E-state index contributed by atoms with van der Waals surface area (Å²) in [6.07, 6.45) is 0.881. The highest BCUT2D eigenvalue weighted by Gasteiger charge is 2.08. The molecule has 0 bridgehead atoms. The molecule has 1 atom stereocenters. The Morgan fingerprint density at radius 2 is 2.27 bits per heavy atom. The predicted octanol–water partition coefficient (Wildman–Crippen LogP) is 3.94. The maximum Gasteiger partial charge on any atom is 0.0799 e. The SMILES string of the molecule is CC#CCCC(O)c1ccc(Cl)c(Br)c1. The lowest BCUT2D eigenvalue weighted by molar-refractivity contribution is 0.169. The van der Waals surface area contributed by atoms with Crippen molar-refractivity contribution in [3.8, 4) is 11.8 Å². The topological polar surface area (TPSA) is 20.2 Å². The van der Waals surface area contributed by atoms with Gasteiger partial charge in [-0.15, -0.1) is 11.8 Å². The van der Waals surface area contributed by atoms with Crippen molar-refractivity contribution in [2.45, 2.75) is 25.9 Å². The maximum absolute atomic E-state index is 9.83. The second-order valence-electron chi connectivity index (χ2n) is 3.15. The van der Waals surface area contributed by atoms with Crippen LogP contribution in [0.3, 0.4) is 0 Å². The fourth-order valence-electron chi connectivity index (χ4n) is 1.22. The maximum atomic E-state index is 9.83. The van der Waals surface area contributed by atoms with Gasteiger partial charge in [0.25, 0.3) is 0 Å². The molecule has 0 heterocycles. The van der Waals surface area contributed by atoms with E-state index in [0.717, 1.165) is 10.0 Å². The third-order valence-electron chi connectivity index (χ3n) is 2.05. The molecule has 80 valence electrons. The van der Waals surface area contributed by atoms with Crippen LogP contribution in [-0.4, -0.2) is 5.11 Å². The number of benzene rings is 1. The van der Waals surface area contributed by atoms with E-state index in [-0.39, 0.29) is 0 Å². The molecule has 1 aromatic rings. The van der Waals surface area contributed by atoms with E-state index in [4.69, 9.17) is 11.6 Å². The first-order valence-corrected chi connectivity index (χ1v) is 5.85. The Bertz CT molecular complexity index is 392. The van der Waals surface area contributed by atoms with E-state index < -0.39 is 6.10 Å². The number of hydrogen-bond acceptors (Lipinski definition) is 1. The zero-order chi connectivity index (χ0) is 11.3. The molecule has 3 heteroatoms. The minimum Gasteiger partial charge on any atom is -0.388 e. The van der Waals surface area contributed by atoms with Crippen molar-refractivity contribution in [1.29, 1.82) is 0 Å². The van der Waals surface area contributed by atoms with Gasteiger partial charge in [0.15, 0.2) is 0 Å². The largest absolute Gasteiger partial charge is 0.388 e. The molecule has 0 saturated carbocycles. The standard InChI is InChI=1S/C12H12BrClO/c1-2-3-4-5-12(15)9-6-7-11(14)10(13)8-9/h6-8,12,15H,4-5H2,1H3. The van der Waals surface area contributed by atoms with Crippen LogP contribution in [0, 0.1) is 11.8 Å². The summed E-state index contributed by atoms with van der Waals surface area (Å²) in [5.41, 5.74) is 0.865. The van der Waals surface area contributed by atoms with Crippen molar-refractivity contribution in [1.82, 2.24) is 0 Å². The summed E-state index contributed by atoms with van der Waals surface area (Å²) in [6, 6.07) is 5.44. The van der Waals surface area contributed by atoms with Gasteiger partial charge in [0.1, 0.15) is 0 Å². The highest BCUT2D eigenvalue weighted by Crippen LogP contribution is 2.27. The first-order valence-electron chi connectivity index (χ1n) is 4.67.